The summed E-state index contributed by atoms with van der Waals surface area (Å²) in [6.07, 6.45) is 5.15. The smallest absolute Gasteiger partial charge is 0.255 e. The molecule has 1 heterocycles. The van der Waals surface area contributed by atoms with Gasteiger partial charge in [0.25, 0.3) is 5.56 Å². The zero-order chi connectivity index (χ0) is 16.6. The molecule has 0 atom stereocenters. The zero-order valence-electron chi connectivity index (χ0n) is 13.2. The molecule has 23 heavy (non-hydrogen) atoms. The molecule has 0 aliphatic heterocycles. The summed E-state index contributed by atoms with van der Waals surface area (Å²) in [5, 5.41) is 0. The van der Waals surface area contributed by atoms with E-state index in [1.54, 1.807) is 16.8 Å². The molecule has 3 nitrogen and oxygen atoms in total. The number of pyridine rings is 1. The van der Waals surface area contributed by atoms with E-state index < -0.39 is 5.41 Å². The van der Waals surface area contributed by atoms with Crippen molar-refractivity contribution in [3.05, 3.63) is 74.6 Å². The maximum Gasteiger partial charge on any atom is 0.255 e. The predicted octanol–water partition coefficient (Wildman–Crippen LogP) is 4.50. The Morgan fingerprint density at radius 2 is 1.78 bits per heavy atom. The number of aromatic nitrogens is 1. The number of carbonyl (C=O) groups excluding carboxylic acids is 1. The largest absolute Gasteiger partial charge is 0.293 e. The molecular weight excluding hydrogens is 354 g/mol. The molecule has 1 aromatic carbocycles. The molecular formula is C19H18BrNO2. The molecule has 0 unspecified atom stereocenters. The van der Waals surface area contributed by atoms with Crippen LogP contribution < -0.4 is 5.56 Å². The lowest BCUT2D eigenvalue weighted by Crippen LogP contribution is -2.34. The molecule has 0 bridgehead atoms. The Hall–Kier alpha value is -1.94. The Bertz CT molecular complexity index is 860. The molecule has 0 spiro atoms. The van der Waals surface area contributed by atoms with Crippen molar-refractivity contribution in [1.29, 1.82) is 0 Å². The molecule has 118 valence electrons. The highest BCUT2D eigenvalue weighted by molar-refractivity contribution is 9.10. The van der Waals surface area contributed by atoms with Crippen molar-refractivity contribution >= 4 is 27.4 Å². The average molecular weight is 372 g/mol. The van der Waals surface area contributed by atoms with Gasteiger partial charge in [-0.1, -0.05) is 35.8 Å². The summed E-state index contributed by atoms with van der Waals surface area (Å²) in [5.41, 5.74) is 1.63. The number of hydrogen-bond acceptors (Lipinski definition) is 2. The van der Waals surface area contributed by atoms with Crippen LogP contribution >= 0.6 is 15.9 Å². The summed E-state index contributed by atoms with van der Waals surface area (Å²) in [4.78, 5) is 25.3. The zero-order valence-corrected chi connectivity index (χ0v) is 14.8. The molecule has 4 heteroatoms. The molecule has 0 saturated carbocycles. The Morgan fingerprint density at radius 1 is 1.04 bits per heavy atom. The second kappa shape index (κ2) is 5.93. The van der Waals surface area contributed by atoms with Crippen LogP contribution in [0.4, 0.5) is 0 Å². The van der Waals surface area contributed by atoms with E-state index in [0.717, 1.165) is 15.7 Å². The van der Waals surface area contributed by atoms with Gasteiger partial charge < -0.3 is 0 Å². The van der Waals surface area contributed by atoms with E-state index in [1.807, 2.05) is 44.2 Å². The Labute approximate surface area is 143 Å². The van der Waals surface area contributed by atoms with Crippen LogP contribution in [-0.4, -0.2) is 10.4 Å². The molecule has 0 radical (unpaired) electrons. The molecule has 1 aliphatic rings. The van der Waals surface area contributed by atoms with Gasteiger partial charge in [-0.3, -0.25) is 14.2 Å². The van der Waals surface area contributed by atoms with Gasteiger partial charge in [-0.15, -0.1) is 0 Å². The third-order valence-corrected chi connectivity index (χ3v) is 5.20. The summed E-state index contributed by atoms with van der Waals surface area (Å²) in [5.74, 6) is 0.137. The standard InChI is InChI=1S/C19H18BrNO2/c1-3-19(4-2)12-16(21-10-6-5-7-17(21)22)15-11-13(20)8-9-14(15)18(19)23/h5-12H,3-4H2,1-2H3. The van der Waals surface area contributed by atoms with Crippen LogP contribution in [0, 0.1) is 5.41 Å². The first-order chi connectivity index (χ1) is 11.0. The highest BCUT2D eigenvalue weighted by atomic mass is 79.9. The predicted molar refractivity (Wildman–Crippen MR) is 95.6 cm³/mol. The fraction of sp³-hybridized carbons (Fsp3) is 0.263. The lowest BCUT2D eigenvalue weighted by molar-refractivity contribution is 0.0837. The van der Waals surface area contributed by atoms with Crippen LogP contribution in [-0.2, 0) is 0 Å². The van der Waals surface area contributed by atoms with Gasteiger partial charge in [0.2, 0.25) is 0 Å². The Morgan fingerprint density at radius 3 is 2.43 bits per heavy atom. The monoisotopic (exact) mass is 371 g/mol. The lowest BCUT2D eigenvalue weighted by atomic mass is 9.70. The van der Waals surface area contributed by atoms with E-state index in [9.17, 15) is 9.59 Å². The Balaban J connectivity index is 2.35. The summed E-state index contributed by atoms with van der Waals surface area (Å²) in [7, 11) is 0. The molecule has 0 fully saturated rings. The first-order valence-corrected chi connectivity index (χ1v) is 8.57. The maximum atomic E-state index is 13.0. The molecule has 0 N–H and O–H groups in total. The van der Waals surface area contributed by atoms with Crippen molar-refractivity contribution < 1.29 is 4.79 Å². The van der Waals surface area contributed by atoms with Gasteiger partial charge in [0, 0.05) is 27.9 Å². The molecule has 0 saturated heterocycles. The fourth-order valence-electron chi connectivity index (χ4n) is 3.20. The minimum Gasteiger partial charge on any atom is -0.293 e. The maximum absolute atomic E-state index is 13.0. The van der Waals surface area contributed by atoms with Gasteiger partial charge in [-0.25, -0.2) is 0 Å². The molecule has 3 rings (SSSR count). The van der Waals surface area contributed by atoms with Crippen molar-refractivity contribution in [2.75, 3.05) is 0 Å². The van der Waals surface area contributed by atoms with Crippen molar-refractivity contribution in [3.63, 3.8) is 0 Å². The number of Topliss-reactive ketones (excluding diaryl/α,β-unsaturated/α-hetero) is 1. The van der Waals surface area contributed by atoms with E-state index in [0.29, 0.717) is 18.4 Å². The van der Waals surface area contributed by atoms with Gasteiger partial charge in [-0.05, 0) is 43.2 Å². The number of rotatable bonds is 3. The van der Waals surface area contributed by atoms with Crippen LogP contribution in [0.25, 0.3) is 5.70 Å². The van der Waals surface area contributed by atoms with Gasteiger partial charge in [0.1, 0.15) is 0 Å². The van der Waals surface area contributed by atoms with E-state index in [4.69, 9.17) is 0 Å². The van der Waals surface area contributed by atoms with Crippen molar-refractivity contribution in [3.8, 4) is 0 Å². The highest BCUT2D eigenvalue weighted by Gasteiger charge is 2.39. The van der Waals surface area contributed by atoms with E-state index >= 15 is 0 Å². The average Bonchev–Trinajstić information content (AvgIpc) is 2.56. The van der Waals surface area contributed by atoms with Crippen LogP contribution in [0.15, 0.2) is 57.9 Å². The molecule has 0 amide bonds. The number of nitrogens with zero attached hydrogens (tertiary/aromatic N) is 1. The molecule has 1 aromatic heterocycles. The quantitative estimate of drug-likeness (QED) is 0.796. The Kier molecular flexibility index (Phi) is 4.11. The first-order valence-electron chi connectivity index (χ1n) is 7.78. The summed E-state index contributed by atoms with van der Waals surface area (Å²) >= 11 is 3.47. The minimum atomic E-state index is -0.550. The van der Waals surface area contributed by atoms with Gasteiger partial charge in [0.05, 0.1) is 11.1 Å². The van der Waals surface area contributed by atoms with E-state index in [2.05, 4.69) is 15.9 Å². The van der Waals surface area contributed by atoms with Crippen LogP contribution in [0.5, 0.6) is 0 Å². The van der Waals surface area contributed by atoms with Gasteiger partial charge >= 0.3 is 0 Å². The summed E-state index contributed by atoms with van der Waals surface area (Å²) in [6.45, 7) is 4.04. The summed E-state index contributed by atoms with van der Waals surface area (Å²) < 4.78 is 2.51. The number of halogens is 1. The number of ketones is 1. The number of hydrogen-bond donors (Lipinski definition) is 0. The van der Waals surface area contributed by atoms with Gasteiger partial charge in [0.15, 0.2) is 5.78 Å². The molecule has 1 aliphatic carbocycles. The third kappa shape index (κ3) is 2.51. The van der Waals surface area contributed by atoms with Crippen molar-refractivity contribution in [2.45, 2.75) is 26.7 Å². The number of allylic oxidation sites excluding steroid dienone is 1. The highest BCUT2D eigenvalue weighted by Crippen LogP contribution is 2.42. The number of benzene rings is 1. The van der Waals surface area contributed by atoms with Crippen LogP contribution in [0.1, 0.15) is 42.6 Å². The van der Waals surface area contributed by atoms with Crippen molar-refractivity contribution in [2.24, 2.45) is 5.41 Å². The normalized spacial score (nSPS) is 16.0. The van der Waals surface area contributed by atoms with E-state index in [1.165, 1.54) is 6.07 Å². The van der Waals surface area contributed by atoms with Crippen molar-refractivity contribution in [1.82, 2.24) is 4.57 Å². The number of carbonyl (C=O) groups is 1. The SMILES string of the molecule is CCC1(CC)C=C(n2ccccc2=O)c2cc(Br)ccc2C1=O. The van der Waals surface area contributed by atoms with Crippen LogP contribution in [0.3, 0.4) is 0 Å². The minimum absolute atomic E-state index is 0.0971. The fourth-order valence-corrected chi connectivity index (χ4v) is 3.56. The topological polar surface area (TPSA) is 39.1 Å². The molecule has 2 aromatic rings. The lowest BCUT2D eigenvalue weighted by Gasteiger charge is -2.33. The second-order valence-corrected chi connectivity index (χ2v) is 6.74. The van der Waals surface area contributed by atoms with Gasteiger partial charge in [-0.2, -0.15) is 0 Å². The van der Waals surface area contributed by atoms with E-state index in [-0.39, 0.29) is 11.3 Å². The summed E-state index contributed by atoms with van der Waals surface area (Å²) in [6, 6.07) is 10.7. The number of fused-ring (bicyclic) bond motifs is 1. The second-order valence-electron chi connectivity index (χ2n) is 5.82. The van der Waals surface area contributed by atoms with Crippen LogP contribution in [0.2, 0.25) is 0 Å². The third-order valence-electron chi connectivity index (χ3n) is 4.71. The first kappa shape index (κ1) is 15.9.